The van der Waals surface area contributed by atoms with Crippen molar-refractivity contribution in [1.29, 1.82) is 0 Å². The highest BCUT2D eigenvalue weighted by Gasteiger charge is 2.17. The first-order chi connectivity index (χ1) is 10.1. The number of aromatic nitrogens is 1. The highest BCUT2D eigenvalue weighted by molar-refractivity contribution is 5.95. The van der Waals surface area contributed by atoms with Gasteiger partial charge in [-0.2, -0.15) is 0 Å². The second-order valence-electron chi connectivity index (χ2n) is 5.44. The fraction of sp³-hybridized carbons (Fsp3) is 0.312. The lowest BCUT2D eigenvalue weighted by Crippen LogP contribution is -2.32. The number of amides is 1. The first-order valence-electron chi connectivity index (χ1n) is 7.04. The summed E-state index contributed by atoms with van der Waals surface area (Å²) in [4.78, 5) is 13.2. The minimum atomic E-state index is 0.120. The topological polar surface area (TPSA) is 57.5 Å². The van der Waals surface area contributed by atoms with Crippen molar-refractivity contribution in [2.75, 3.05) is 18.6 Å². The summed E-state index contributed by atoms with van der Waals surface area (Å²) in [6.45, 7) is 3.03. The van der Waals surface area contributed by atoms with Crippen molar-refractivity contribution in [2.45, 2.75) is 13.3 Å². The van der Waals surface area contributed by atoms with E-state index in [0.29, 0.717) is 12.2 Å². The summed E-state index contributed by atoms with van der Waals surface area (Å²) in [5, 5.41) is 10.2. The van der Waals surface area contributed by atoms with Crippen LogP contribution in [0.25, 0.3) is 16.5 Å². The van der Waals surface area contributed by atoms with Crippen molar-refractivity contribution in [2.24, 2.45) is 7.05 Å². The normalized spacial score (nSPS) is 15.2. The van der Waals surface area contributed by atoms with Crippen LogP contribution in [-0.2, 0) is 11.8 Å². The van der Waals surface area contributed by atoms with Crippen LogP contribution in [0.1, 0.15) is 18.9 Å². The lowest BCUT2D eigenvalue weighted by molar-refractivity contribution is -0.128. The van der Waals surface area contributed by atoms with Crippen LogP contribution in [0.5, 0.6) is 0 Å². The third-order valence-corrected chi connectivity index (χ3v) is 4.12. The van der Waals surface area contributed by atoms with Crippen molar-refractivity contribution in [3.63, 3.8) is 0 Å². The van der Waals surface area contributed by atoms with E-state index in [4.69, 9.17) is 5.21 Å². The van der Waals surface area contributed by atoms with Gasteiger partial charge in [0.1, 0.15) is 0 Å². The number of carbonyl (C=O) groups is 1. The number of nitrogens with zero attached hydrogens (tertiary/aromatic N) is 2. The summed E-state index contributed by atoms with van der Waals surface area (Å²) in [5.74, 6) is 0.120. The molecule has 0 saturated heterocycles. The number of rotatable bonds is 2. The van der Waals surface area contributed by atoms with Crippen molar-refractivity contribution >= 4 is 28.1 Å². The molecule has 0 atom stereocenters. The average molecular weight is 285 g/mol. The van der Waals surface area contributed by atoms with E-state index in [2.05, 4.69) is 22.3 Å². The van der Waals surface area contributed by atoms with Crippen LogP contribution >= 0.6 is 0 Å². The molecular weight excluding hydrogens is 266 g/mol. The number of fused-ring (bicyclic) bond motifs is 1. The molecule has 2 aromatic rings. The van der Waals surface area contributed by atoms with Gasteiger partial charge in [0.15, 0.2) is 0 Å². The van der Waals surface area contributed by atoms with E-state index in [1.807, 2.05) is 30.1 Å². The van der Waals surface area contributed by atoms with Gasteiger partial charge < -0.3 is 9.47 Å². The second kappa shape index (κ2) is 5.26. The molecule has 21 heavy (non-hydrogen) atoms. The van der Waals surface area contributed by atoms with Gasteiger partial charge in [-0.1, -0.05) is 6.08 Å². The third-order valence-electron chi connectivity index (χ3n) is 4.12. The van der Waals surface area contributed by atoms with Crippen LogP contribution in [0.3, 0.4) is 0 Å². The van der Waals surface area contributed by atoms with E-state index >= 15 is 0 Å². The summed E-state index contributed by atoms with van der Waals surface area (Å²) in [6.07, 6.45) is 5.09. The Morgan fingerprint density at radius 3 is 2.81 bits per heavy atom. The maximum Gasteiger partial charge on any atom is 0.219 e. The van der Waals surface area contributed by atoms with Crippen LogP contribution in [-0.4, -0.2) is 33.7 Å². The van der Waals surface area contributed by atoms with Gasteiger partial charge in [0.05, 0.1) is 5.69 Å². The SMILES string of the molecule is CC(=O)N1CC=C(c2cn(C)c3ccc(NO)cc23)CC1. The zero-order valence-electron chi connectivity index (χ0n) is 12.3. The minimum absolute atomic E-state index is 0.120. The fourth-order valence-electron chi connectivity index (χ4n) is 2.92. The molecule has 1 aromatic carbocycles. The zero-order chi connectivity index (χ0) is 15.0. The van der Waals surface area contributed by atoms with Gasteiger partial charge in [-0.3, -0.25) is 15.5 Å². The van der Waals surface area contributed by atoms with E-state index in [1.165, 1.54) is 11.1 Å². The van der Waals surface area contributed by atoms with Crippen LogP contribution in [0.15, 0.2) is 30.5 Å². The van der Waals surface area contributed by atoms with Gasteiger partial charge in [-0.25, -0.2) is 0 Å². The van der Waals surface area contributed by atoms with Crippen LogP contribution in [0, 0.1) is 0 Å². The summed E-state index contributed by atoms with van der Waals surface area (Å²) in [5.41, 5.74) is 6.43. The third kappa shape index (κ3) is 2.40. The molecule has 0 aliphatic carbocycles. The molecule has 0 fully saturated rings. The Hall–Kier alpha value is -2.27. The fourth-order valence-corrected chi connectivity index (χ4v) is 2.92. The van der Waals surface area contributed by atoms with Crippen molar-refractivity contribution in [3.05, 3.63) is 36.0 Å². The van der Waals surface area contributed by atoms with Gasteiger partial charge >= 0.3 is 0 Å². The van der Waals surface area contributed by atoms with Crippen LogP contribution in [0.4, 0.5) is 5.69 Å². The Morgan fingerprint density at radius 1 is 1.38 bits per heavy atom. The van der Waals surface area contributed by atoms with Gasteiger partial charge in [0.2, 0.25) is 5.91 Å². The Balaban J connectivity index is 2.03. The first-order valence-corrected chi connectivity index (χ1v) is 7.04. The molecule has 2 N–H and O–H groups in total. The number of carbonyl (C=O) groups excluding carboxylic acids is 1. The van der Waals surface area contributed by atoms with Gasteiger partial charge in [0, 0.05) is 49.7 Å². The number of hydrogen-bond acceptors (Lipinski definition) is 3. The molecule has 5 nitrogen and oxygen atoms in total. The molecule has 0 bridgehead atoms. The summed E-state index contributed by atoms with van der Waals surface area (Å²) in [6, 6.07) is 5.78. The van der Waals surface area contributed by atoms with Crippen molar-refractivity contribution < 1.29 is 10.0 Å². The molecule has 5 heteroatoms. The largest absolute Gasteiger partial charge is 0.350 e. The molecule has 0 spiro atoms. The Labute approximate surface area is 123 Å². The maximum absolute atomic E-state index is 11.4. The van der Waals surface area contributed by atoms with E-state index < -0.39 is 0 Å². The monoisotopic (exact) mass is 285 g/mol. The molecule has 1 aliphatic rings. The highest BCUT2D eigenvalue weighted by atomic mass is 16.5. The van der Waals surface area contributed by atoms with E-state index in [0.717, 1.165) is 23.9 Å². The first kappa shape index (κ1) is 13.7. The quantitative estimate of drug-likeness (QED) is 0.834. The Kier molecular flexibility index (Phi) is 3.43. The minimum Gasteiger partial charge on any atom is -0.350 e. The number of hydrogen-bond donors (Lipinski definition) is 2. The molecule has 1 amide bonds. The number of benzene rings is 1. The van der Waals surface area contributed by atoms with Gasteiger partial charge in [-0.05, 0) is 30.2 Å². The van der Waals surface area contributed by atoms with Crippen LogP contribution in [0.2, 0.25) is 0 Å². The summed E-state index contributed by atoms with van der Waals surface area (Å²) in [7, 11) is 2.02. The smallest absolute Gasteiger partial charge is 0.219 e. The molecule has 1 aliphatic heterocycles. The maximum atomic E-state index is 11.4. The van der Waals surface area contributed by atoms with Crippen molar-refractivity contribution in [3.8, 4) is 0 Å². The number of nitrogens with one attached hydrogen (secondary N) is 1. The molecule has 0 radical (unpaired) electrons. The van der Waals surface area contributed by atoms with E-state index in [9.17, 15) is 4.79 Å². The average Bonchev–Trinajstić information content (AvgIpc) is 2.84. The van der Waals surface area contributed by atoms with E-state index in [-0.39, 0.29) is 5.91 Å². The predicted molar refractivity (Wildman–Crippen MR) is 83.2 cm³/mol. The number of anilines is 1. The molecule has 3 rings (SSSR count). The van der Waals surface area contributed by atoms with Crippen molar-refractivity contribution in [1.82, 2.24) is 9.47 Å². The highest BCUT2D eigenvalue weighted by Crippen LogP contribution is 2.32. The van der Waals surface area contributed by atoms with Gasteiger partial charge in [0.25, 0.3) is 0 Å². The Bertz CT molecular complexity index is 730. The Morgan fingerprint density at radius 2 is 2.19 bits per heavy atom. The lowest BCUT2D eigenvalue weighted by atomic mass is 9.98. The molecule has 2 heterocycles. The molecule has 110 valence electrons. The molecule has 0 unspecified atom stereocenters. The summed E-state index contributed by atoms with van der Waals surface area (Å²) >= 11 is 0. The van der Waals surface area contributed by atoms with Gasteiger partial charge in [-0.15, -0.1) is 0 Å². The summed E-state index contributed by atoms with van der Waals surface area (Å²) < 4.78 is 2.09. The van der Waals surface area contributed by atoms with Crippen LogP contribution < -0.4 is 5.48 Å². The zero-order valence-corrected chi connectivity index (χ0v) is 12.3. The number of aryl methyl sites for hydroxylation is 1. The molecular formula is C16H19N3O2. The van der Waals surface area contributed by atoms with E-state index in [1.54, 1.807) is 6.92 Å². The predicted octanol–water partition coefficient (Wildman–Crippen LogP) is 2.62. The lowest BCUT2D eigenvalue weighted by Gasteiger charge is -2.25. The second-order valence-corrected chi connectivity index (χ2v) is 5.44. The standard InChI is InChI=1S/C16H19N3O2/c1-11(20)19-7-5-12(6-8-19)15-10-18(2)16-4-3-13(17-21)9-14(15)16/h3-5,9-10,17,21H,6-8H2,1-2H3. The molecule has 0 saturated carbocycles. The molecule has 1 aromatic heterocycles.